The number of aliphatic hydroxyl groups is 2. The van der Waals surface area contributed by atoms with Gasteiger partial charge in [-0.15, -0.1) is 0 Å². The lowest BCUT2D eigenvalue weighted by Gasteiger charge is -2.28. The maximum atomic E-state index is 14.2. The smallest absolute Gasteiger partial charge is 0.325 e. The number of aliphatic imine (C=N–C) groups is 3. The lowest BCUT2D eigenvalue weighted by atomic mass is 10.0. The molecule has 32 nitrogen and oxygen atoms in total. The van der Waals surface area contributed by atoms with Gasteiger partial charge < -0.3 is 103 Å². The minimum Gasteiger partial charge on any atom is -0.480 e. The summed E-state index contributed by atoms with van der Waals surface area (Å²) in [5.74, 6) is -8.63. The summed E-state index contributed by atoms with van der Waals surface area (Å²) in [5, 5.41) is 56.0. The molecule has 0 aliphatic carbocycles. The first-order chi connectivity index (χ1) is 38.6. The van der Waals surface area contributed by atoms with Crippen LogP contribution in [0, 0.1) is 11.8 Å². The van der Waals surface area contributed by atoms with E-state index in [0.717, 1.165) is 12.2 Å². The Morgan fingerprint density at radius 3 is 1.28 bits per heavy atom. The fourth-order valence-corrected chi connectivity index (χ4v) is 10.2. The predicted octanol–water partition coefficient (Wildman–Crippen LogP) is -6.07. The Morgan fingerprint density at radius 1 is 0.524 bits per heavy atom. The van der Waals surface area contributed by atoms with Crippen LogP contribution in [0.3, 0.4) is 0 Å². The molecule has 25 N–H and O–H groups in total. The predicted molar refractivity (Wildman–Crippen MR) is 306 cm³/mol. The third-order valence-corrected chi connectivity index (χ3v) is 14.4. The number of carbonyl (C=O) groups excluding carboxylic acids is 9. The van der Waals surface area contributed by atoms with Gasteiger partial charge in [-0.3, -0.25) is 58.1 Å². The molecule has 0 aromatic carbocycles. The number of carboxylic acids is 1. The third kappa shape index (κ3) is 26.9. The summed E-state index contributed by atoms with van der Waals surface area (Å²) in [6.45, 7) is 6.31. The Balaban J connectivity index is 2.26. The molecule has 10 amide bonds. The van der Waals surface area contributed by atoms with Crippen molar-refractivity contribution in [3.8, 4) is 0 Å². The number of nitrogens with zero attached hydrogens (tertiary/aromatic N) is 3. The number of fused-ring (bicyclic) bond motifs is 1. The van der Waals surface area contributed by atoms with Crippen molar-refractivity contribution in [2.24, 2.45) is 61.2 Å². The lowest BCUT2D eigenvalue weighted by molar-refractivity contribution is -0.142. The zero-order valence-corrected chi connectivity index (χ0v) is 48.2. The van der Waals surface area contributed by atoms with Gasteiger partial charge in [-0.05, 0) is 83.0 Å². The molecule has 0 unspecified atom stereocenters. The van der Waals surface area contributed by atoms with E-state index in [0.29, 0.717) is 12.8 Å². The molecule has 2 rings (SSSR count). The van der Waals surface area contributed by atoms with Gasteiger partial charge in [-0.1, -0.05) is 34.1 Å². The largest absolute Gasteiger partial charge is 0.480 e. The monoisotopic (exact) mass is 1180 g/mol. The molecule has 0 spiro atoms. The Labute approximate surface area is 481 Å². The number of amides is 10. The normalized spacial score (nSPS) is 18.2. The number of hydrogen-bond acceptors (Lipinski definition) is 16. The third-order valence-electron chi connectivity index (χ3n) is 12.9. The van der Waals surface area contributed by atoms with Crippen molar-refractivity contribution in [3.63, 3.8) is 0 Å². The lowest BCUT2D eigenvalue weighted by Crippen LogP contribution is -2.61. The molecule has 0 aromatic rings. The number of hydrogen-bond donors (Lipinski definition) is 19. The van der Waals surface area contributed by atoms with Crippen molar-refractivity contribution < 1.29 is 63.3 Å². The summed E-state index contributed by atoms with van der Waals surface area (Å²) in [6, 6.07) is -11.6. The summed E-state index contributed by atoms with van der Waals surface area (Å²) >= 11 is 1.75. The molecular weight excluding hydrogens is 1090 g/mol. The Kier molecular flexibility index (Phi) is 31.8. The van der Waals surface area contributed by atoms with Gasteiger partial charge in [0, 0.05) is 37.1 Å². The standard InChI is InChI=1S/C49H89N19O13S/c1-24(2)19-30(41(75)62-28(12-9-17-57-47(52)53)38(72)59-26(5)45(79)80)64-43(77)32(21-69)66-44(78)33(22-70)65-42(76)31(20-25(3)4)63-40(74)29(13-10-18-58-48(54)55)61-39(73)27(11-8-16-56-46(50)51)60-36(71)15-7-6-14-35-37-34(23-82-35)67-49(81)68-37/h24-35,37,69-70H,6-23H2,1-5H3,(H,59,72)(H,60,71)(H,61,73)(H,62,75)(H,63,74)(H,64,77)(H,65,76)(H,66,78)(H,79,80)(H4,50,51,56)(H4,52,53,57)(H4,54,55,58)(H2,67,68,81)/t26-,27-,28-,29-,30-,31-,32-,33-,34-,35-,37-/m0/s1. The van der Waals surface area contributed by atoms with Gasteiger partial charge in [0.25, 0.3) is 0 Å². The zero-order valence-electron chi connectivity index (χ0n) is 47.4. The Morgan fingerprint density at radius 2 is 0.890 bits per heavy atom. The average Bonchev–Trinajstić information content (AvgIpc) is 4.15. The van der Waals surface area contributed by atoms with E-state index in [1.165, 1.54) is 6.92 Å². The van der Waals surface area contributed by atoms with Crippen molar-refractivity contribution in [2.45, 2.75) is 177 Å². The van der Waals surface area contributed by atoms with Crippen molar-refractivity contribution in [1.29, 1.82) is 0 Å². The highest BCUT2D eigenvalue weighted by atomic mass is 32.2. The molecule has 464 valence electrons. The van der Waals surface area contributed by atoms with Crippen LogP contribution in [0.25, 0.3) is 0 Å². The van der Waals surface area contributed by atoms with E-state index in [9.17, 15) is 63.3 Å². The summed E-state index contributed by atoms with van der Waals surface area (Å²) in [6.07, 6.45) is 2.47. The SMILES string of the molecule is CC(C)C[C@H](NC(=O)[C@H](CO)NC(=O)[C@H](CO)NC(=O)[C@H](CC(C)C)NC(=O)[C@H](CCCN=C(N)N)NC(=O)[C@H](CCCN=C(N)N)NC(=O)CCCC[C@@H]1SC[C@@H]2NC(=O)N[C@@H]21)C(=O)N[C@@H](CCCN=C(N)N)C(=O)N[C@@H](C)C(=O)O. The molecule has 33 heteroatoms. The average molecular weight is 1180 g/mol. The first kappa shape index (κ1) is 70.7. The number of carbonyl (C=O) groups is 10. The molecule has 0 bridgehead atoms. The molecule has 0 saturated carbocycles. The quantitative estimate of drug-likeness (QED) is 0.0118. The fraction of sp³-hybridized carbons (Fsp3) is 0.735. The molecule has 82 heavy (non-hydrogen) atoms. The van der Waals surface area contributed by atoms with E-state index in [1.54, 1.807) is 39.5 Å². The molecule has 0 aromatic heterocycles. The van der Waals surface area contributed by atoms with Crippen LogP contribution in [0.2, 0.25) is 0 Å². The van der Waals surface area contributed by atoms with Crippen LogP contribution in [-0.4, -0.2) is 197 Å². The second kappa shape index (κ2) is 36.8. The van der Waals surface area contributed by atoms with E-state index < -0.39 is 115 Å². The minimum atomic E-state index is -1.78. The molecule has 2 aliphatic rings. The summed E-state index contributed by atoms with van der Waals surface area (Å²) in [5.41, 5.74) is 32.8. The first-order valence-corrected chi connectivity index (χ1v) is 28.4. The number of nitrogens with one attached hydrogen (secondary N) is 10. The maximum absolute atomic E-state index is 14.2. The van der Waals surface area contributed by atoms with Crippen LogP contribution >= 0.6 is 11.8 Å². The van der Waals surface area contributed by atoms with Gasteiger partial charge in [0.15, 0.2) is 17.9 Å². The number of urea groups is 1. The van der Waals surface area contributed by atoms with Crippen molar-refractivity contribution in [3.05, 3.63) is 0 Å². The number of rotatable bonds is 39. The second-order valence-electron chi connectivity index (χ2n) is 20.9. The van der Waals surface area contributed by atoms with Gasteiger partial charge in [-0.25, -0.2) is 4.79 Å². The van der Waals surface area contributed by atoms with Crippen molar-refractivity contribution >= 4 is 88.9 Å². The minimum absolute atomic E-state index is 0.00755. The van der Waals surface area contributed by atoms with Crippen molar-refractivity contribution in [2.75, 3.05) is 38.6 Å². The first-order valence-electron chi connectivity index (χ1n) is 27.4. The van der Waals surface area contributed by atoms with E-state index in [-0.39, 0.29) is 131 Å². The van der Waals surface area contributed by atoms with E-state index >= 15 is 0 Å². The number of aliphatic carboxylic acids is 1. The summed E-state index contributed by atoms with van der Waals surface area (Å²) in [4.78, 5) is 145. The van der Waals surface area contributed by atoms with Crippen LogP contribution in [0.4, 0.5) is 4.79 Å². The van der Waals surface area contributed by atoms with E-state index in [1.807, 2.05) is 0 Å². The van der Waals surface area contributed by atoms with Crippen LogP contribution in [-0.2, 0) is 43.2 Å². The molecule has 11 atom stereocenters. The van der Waals surface area contributed by atoms with Crippen molar-refractivity contribution in [1.82, 2.24) is 53.2 Å². The molecule has 2 aliphatic heterocycles. The topological polar surface area (TPSA) is 545 Å². The molecule has 2 fully saturated rings. The van der Waals surface area contributed by atoms with Crippen LogP contribution in [0.15, 0.2) is 15.0 Å². The van der Waals surface area contributed by atoms with Gasteiger partial charge >= 0.3 is 12.0 Å². The molecule has 2 saturated heterocycles. The highest BCUT2D eigenvalue weighted by Gasteiger charge is 2.43. The summed E-state index contributed by atoms with van der Waals surface area (Å²) < 4.78 is 0. The van der Waals surface area contributed by atoms with Gasteiger partial charge in [0.1, 0.15) is 48.3 Å². The number of unbranched alkanes of at least 4 members (excludes halogenated alkanes) is 1. The van der Waals surface area contributed by atoms with Gasteiger partial charge in [0.2, 0.25) is 47.3 Å². The van der Waals surface area contributed by atoms with Crippen LogP contribution in [0.5, 0.6) is 0 Å². The zero-order chi connectivity index (χ0) is 61.6. The second-order valence-corrected chi connectivity index (χ2v) is 22.2. The highest BCUT2D eigenvalue weighted by Crippen LogP contribution is 2.33. The van der Waals surface area contributed by atoms with Crippen LogP contribution < -0.4 is 87.6 Å². The Bertz CT molecular complexity index is 2250. The molecular formula is C49H89N19O13S. The van der Waals surface area contributed by atoms with Gasteiger partial charge in [0.05, 0.1) is 25.3 Å². The Hall–Kier alpha value is -7.42. The summed E-state index contributed by atoms with van der Waals surface area (Å²) in [7, 11) is 0. The number of aliphatic hydroxyl groups excluding tert-OH is 2. The maximum Gasteiger partial charge on any atom is 0.325 e. The van der Waals surface area contributed by atoms with Gasteiger partial charge in [-0.2, -0.15) is 11.8 Å². The number of guanidine groups is 3. The number of carboxylic acid groups (broad SMARTS) is 1. The number of thioether (sulfide) groups is 1. The van der Waals surface area contributed by atoms with E-state index in [2.05, 4.69) is 68.1 Å². The molecule has 0 radical (unpaired) electrons. The fourth-order valence-electron chi connectivity index (χ4n) is 8.66. The van der Waals surface area contributed by atoms with Crippen LogP contribution in [0.1, 0.15) is 112 Å². The number of nitrogens with two attached hydrogens (primary N) is 6. The highest BCUT2D eigenvalue weighted by molar-refractivity contribution is 8.00. The molecule has 2 heterocycles. The van der Waals surface area contributed by atoms with E-state index in [4.69, 9.17) is 34.4 Å².